The van der Waals surface area contributed by atoms with Gasteiger partial charge in [0.25, 0.3) is 0 Å². The fraction of sp³-hybridized carbons (Fsp3) is 0.786. The second kappa shape index (κ2) is 10.1. The molecule has 0 N–H and O–H groups in total. The molecule has 0 aromatic heterocycles. The van der Waals surface area contributed by atoms with Crippen molar-refractivity contribution in [1.29, 1.82) is 5.26 Å². The predicted molar refractivity (Wildman–Crippen MR) is 85.4 cm³/mol. The predicted octanol–water partition coefficient (Wildman–Crippen LogP) is 3.49. The van der Waals surface area contributed by atoms with Crippen molar-refractivity contribution in [1.82, 2.24) is 0 Å². The van der Waals surface area contributed by atoms with Gasteiger partial charge in [-0.2, -0.15) is 5.26 Å². The number of halogens is 2. The number of nitrogens with zero attached hydrogens (tertiary/aromatic N) is 1. The van der Waals surface area contributed by atoms with Crippen molar-refractivity contribution in [3.8, 4) is 6.07 Å². The molecular weight excluding hydrogens is 445 g/mol. The minimum atomic E-state index is -4.02. The van der Waals surface area contributed by atoms with E-state index in [1.165, 1.54) is 6.92 Å². The number of rotatable bonds is 4. The van der Waals surface area contributed by atoms with Gasteiger partial charge in [0, 0.05) is 6.92 Å². The molecule has 0 aromatic carbocycles. The molecule has 0 bridgehead atoms. The summed E-state index contributed by atoms with van der Waals surface area (Å²) in [7, 11) is 12.3. The Hall–Kier alpha value is 0.120. The number of hydrogen-bond donors (Lipinski definition) is 0. The summed E-state index contributed by atoms with van der Waals surface area (Å²) >= 11 is -4.02. The normalized spacial score (nSPS) is 26.6. The third kappa shape index (κ3) is 7.13. The van der Waals surface area contributed by atoms with Crippen LogP contribution in [0.15, 0.2) is 0 Å². The molecule has 0 heterocycles. The van der Waals surface area contributed by atoms with Crippen LogP contribution >= 0.6 is 17.9 Å². The van der Waals surface area contributed by atoms with Crippen LogP contribution in [0.3, 0.4) is 0 Å². The van der Waals surface area contributed by atoms with E-state index in [1.54, 1.807) is 6.07 Å². The van der Waals surface area contributed by atoms with Crippen LogP contribution in [0, 0.1) is 11.3 Å². The van der Waals surface area contributed by atoms with Gasteiger partial charge >= 0.3 is 126 Å². The van der Waals surface area contributed by atoms with E-state index in [1.807, 2.05) is 0 Å². The molecule has 0 saturated heterocycles. The standard InChI is InChI=1S/C12H18Cl2O4Te.C2H3N/c13-19(14,17-11-7-3-1-5-9(11)15)18-12-8-4-2-6-10(12)16;1-2-3/h11-12H,1-8H2;1H3. The van der Waals surface area contributed by atoms with Crippen LogP contribution in [0.25, 0.3) is 0 Å². The van der Waals surface area contributed by atoms with Crippen molar-refractivity contribution in [3.05, 3.63) is 0 Å². The molecule has 2 fully saturated rings. The molecular formula is C14H21Cl2NO4Te. The summed E-state index contributed by atoms with van der Waals surface area (Å²) in [6, 6.07) is 1.75. The van der Waals surface area contributed by atoms with Crippen molar-refractivity contribution in [2.24, 2.45) is 0 Å². The van der Waals surface area contributed by atoms with Crippen LogP contribution in [0.2, 0.25) is 0 Å². The summed E-state index contributed by atoms with van der Waals surface area (Å²) in [4.78, 5) is 23.4. The Morgan fingerprint density at radius 2 is 1.36 bits per heavy atom. The van der Waals surface area contributed by atoms with E-state index in [2.05, 4.69) is 0 Å². The molecule has 126 valence electrons. The second-order valence-electron chi connectivity index (χ2n) is 5.20. The number of carbonyl (C=O) groups is 2. The molecule has 5 nitrogen and oxygen atoms in total. The van der Waals surface area contributed by atoms with Crippen LogP contribution in [0.1, 0.15) is 58.3 Å². The number of hydrogen-bond acceptors (Lipinski definition) is 5. The fourth-order valence-corrected chi connectivity index (χ4v) is 7.59. The Morgan fingerprint density at radius 3 is 1.68 bits per heavy atom. The van der Waals surface area contributed by atoms with Crippen LogP contribution in [0.4, 0.5) is 0 Å². The van der Waals surface area contributed by atoms with Gasteiger partial charge in [-0.15, -0.1) is 0 Å². The summed E-state index contributed by atoms with van der Waals surface area (Å²) in [5.41, 5.74) is 0. The van der Waals surface area contributed by atoms with Gasteiger partial charge in [-0.1, -0.05) is 0 Å². The molecule has 2 atom stereocenters. The van der Waals surface area contributed by atoms with Gasteiger partial charge in [-0.3, -0.25) is 0 Å². The summed E-state index contributed by atoms with van der Waals surface area (Å²) in [5.74, 6) is 0.0867. The van der Waals surface area contributed by atoms with Gasteiger partial charge in [-0.25, -0.2) is 0 Å². The topological polar surface area (TPSA) is 76.4 Å². The quantitative estimate of drug-likeness (QED) is 0.594. The zero-order valence-corrected chi connectivity index (χ0v) is 16.4. The molecule has 2 aliphatic rings. The Bertz CT molecular complexity index is 407. The summed E-state index contributed by atoms with van der Waals surface area (Å²) in [6.07, 6.45) is 4.90. The molecule has 8 heteroatoms. The van der Waals surface area contributed by atoms with Gasteiger partial charge in [0.05, 0.1) is 6.07 Å². The number of Topliss-reactive ketones (excluding diaryl/α,β-unsaturated/α-hetero) is 2. The molecule has 2 unspecified atom stereocenters. The fourth-order valence-electron chi connectivity index (χ4n) is 2.40. The zero-order chi connectivity index (χ0) is 16.6. The third-order valence-electron chi connectivity index (χ3n) is 3.45. The molecule has 2 saturated carbocycles. The first-order chi connectivity index (χ1) is 10.4. The maximum atomic E-state index is 11.7. The molecule has 0 amide bonds. The first-order valence-electron chi connectivity index (χ1n) is 7.35. The number of carbonyl (C=O) groups excluding carboxylic acids is 2. The summed E-state index contributed by atoms with van der Waals surface area (Å²) in [6.45, 7) is 1.43. The van der Waals surface area contributed by atoms with Gasteiger partial charge in [0.1, 0.15) is 0 Å². The Kier molecular flexibility index (Phi) is 9.24. The molecule has 2 aliphatic carbocycles. The Balaban J connectivity index is 0.000000745. The number of nitriles is 1. The van der Waals surface area contributed by atoms with E-state index in [0.717, 1.165) is 25.7 Å². The van der Waals surface area contributed by atoms with Gasteiger partial charge in [0.2, 0.25) is 0 Å². The average Bonchev–Trinajstić information content (AvgIpc) is 2.44. The monoisotopic (exact) mass is 467 g/mol. The van der Waals surface area contributed by atoms with E-state index < -0.39 is 29.0 Å². The van der Waals surface area contributed by atoms with E-state index in [9.17, 15) is 9.59 Å². The van der Waals surface area contributed by atoms with Gasteiger partial charge < -0.3 is 0 Å². The maximum absolute atomic E-state index is 11.7. The Labute approximate surface area is 143 Å². The SMILES string of the molecule is CC#N.O=C1CCCCC1O[Te](Cl)(Cl)OC1CCCCC1=O. The van der Waals surface area contributed by atoms with Crippen LogP contribution in [0.5, 0.6) is 0 Å². The molecule has 0 aliphatic heterocycles. The van der Waals surface area contributed by atoms with E-state index >= 15 is 0 Å². The van der Waals surface area contributed by atoms with E-state index in [4.69, 9.17) is 29.4 Å². The summed E-state index contributed by atoms with van der Waals surface area (Å²) < 4.78 is 11.1. The van der Waals surface area contributed by atoms with E-state index in [0.29, 0.717) is 25.7 Å². The molecule has 0 spiro atoms. The Morgan fingerprint density at radius 1 is 1.00 bits per heavy atom. The molecule has 2 rings (SSSR count). The van der Waals surface area contributed by atoms with E-state index in [-0.39, 0.29) is 11.6 Å². The molecule has 0 radical (unpaired) electrons. The van der Waals surface area contributed by atoms with Crippen molar-refractivity contribution >= 4 is 46.3 Å². The van der Waals surface area contributed by atoms with Gasteiger partial charge in [0.15, 0.2) is 0 Å². The second-order valence-corrected chi connectivity index (χ2v) is 15.0. The minimum absolute atomic E-state index is 0.0433. The molecule has 0 aromatic rings. The zero-order valence-electron chi connectivity index (χ0n) is 12.6. The average molecular weight is 466 g/mol. The van der Waals surface area contributed by atoms with Crippen molar-refractivity contribution < 1.29 is 15.8 Å². The van der Waals surface area contributed by atoms with Crippen LogP contribution < -0.4 is 0 Å². The van der Waals surface area contributed by atoms with Gasteiger partial charge in [-0.05, 0) is 0 Å². The van der Waals surface area contributed by atoms with Crippen molar-refractivity contribution in [2.45, 2.75) is 70.5 Å². The first kappa shape index (κ1) is 20.2. The third-order valence-corrected chi connectivity index (χ3v) is 8.01. The van der Waals surface area contributed by atoms with Crippen LogP contribution in [-0.4, -0.2) is 40.5 Å². The van der Waals surface area contributed by atoms with Crippen molar-refractivity contribution in [2.75, 3.05) is 0 Å². The summed E-state index contributed by atoms with van der Waals surface area (Å²) in [5, 5.41) is 7.32. The first-order valence-corrected chi connectivity index (χ1v) is 15.2. The van der Waals surface area contributed by atoms with Crippen molar-refractivity contribution in [3.63, 3.8) is 0 Å². The van der Waals surface area contributed by atoms with Crippen LogP contribution in [-0.2, 0) is 15.8 Å². The number of ketones is 2. The molecule has 22 heavy (non-hydrogen) atoms.